The van der Waals surface area contributed by atoms with Crippen molar-refractivity contribution >= 4 is 18.4 Å². The summed E-state index contributed by atoms with van der Waals surface area (Å²) in [4.78, 5) is 11.0. The molecule has 0 aliphatic heterocycles. The minimum absolute atomic E-state index is 0. The van der Waals surface area contributed by atoms with Gasteiger partial charge < -0.3 is 10.5 Å². The predicted octanol–water partition coefficient (Wildman–Crippen LogP) is 1.74. The molecule has 0 aliphatic carbocycles. The van der Waals surface area contributed by atoms with Crippen molar-refractivity contribution in [3.63, 3.8) is 0 Å². The first-order valence-corrected chi connectivity index (χ1v) is 4.60. The number of esters is 1. The fourth-order valence-corrected chi connectivity index (χ4v) is 1.17. The van der Waals surface area contributed by atoms with Crippen molar-refractivity contribution < 1.29 is 9.53 Å². The van der Waals surface area contributed by atoms with Gasteiger partial charge in [0.05, 0.1) is 6.61 Å². The Bertz CT molecular complexity index is 131. The summed E-state index contributed by atoms with van der Waals surface area (Å²) in [5.74, 6) is 0.176. The topological polar surface area (TPSA) is 52.3 Å². The number of hydrogen-bond acceptors (Lipinski definition) is 3. The van der Waals surface area contributed by atoms with Crippen LogP contribution < -0.4 is 5.73 Å². The summed E-state index contributed by atoms with van der Waals surface area (Å²) in [6.07, 6.45) is 2.55. The fraction of sp³-hybridized carbons (Fsp3) is 0.889. The molecule has 0 radical (unpaired) electrons. The van der Waals surface area contributed by atoms with E-state index in [2.05, 4.69) is 6.92 Å². The van der Waals surface area contributed by atoms with Crippen LogP contribution in [0.25, 0.3) is 0 Å². The molecular weight excluding hydrogens is 190 g/mol. The van der Waals surface area contributed by atoms with Gasteiger partial charge in [0, 0.05) is 6.42 Å². The van der Waals surface area contributed by atoms with Crippen LogP contribution >= 0.6 is 12.4 Å². The lowest BCUT2D eigenvalue weighted by Crippen LogP contribution is -2.19. The second-order valence-electron chi connectivity index (χ2n) is 2.90. The largest absolute Gasteiger partial charge is 0.466 e. The van der Waals surface area contributed by atoms with E-state index in [-0.39, 0.29) is 18.4 Å². The van der Waals surface area contributed by atoms with Crippen molar-refractivity contribution in [2.45, 2.75) is 33.1 Å². The van der Waals surface area contributed by atoms with Crippen molar-refractivity contribution in [3.05, 3.63) is 0 Å². The standard InChI is InChI=1S/C9H19NO2.ClH/c1-3-5-8(7-10)6-9(11)12-4-2;/h8H,3-7,10H2,1-2H3;1H. The Morgan fingerprint density at radius 3 is 2.46 bits per heavy atom. The first-order chi connectivity index (χ1) is 5.74. The van der Waals surface area contributed by atoms with Crippen molar-refractivity contribution in [2.75, 3.05) is 13.2 Å². The van der Waals surface area contributed by atoms with E-state index in [1.807, 2.05) is 6.92 Å². The summed E-state index contributed by atoms with van der Waals surface area (Å²) in [7, 11) is 0. The van der Waals surface area contributed by atoms with E-state index in [1.54, 1.807) is 0 Å². The van der Waals surface area contributed by atoms with Crippen molar-refractivity contribution in [1.29, 1.82) is 0 Å². The van der Waals surface area contributed by atoms with Gasteiger partial charge in [-0.1, -0.05) is 13.3 Å². The van der Waals surface area contributed by atoms with Gasteiger partial charge in [-0.3, -0.25) is 4.79 Å². The van der Waals surface area contributed by atoms with E-state index >= 15 is 0 Å². The second kappa shape index (κ2) is 9.81. The molecule has 80 valence electrons. The second-order valence-corrected chi connectivity index (χ2v) is 2.90. The molecule has 0 aromatic rings. The van der Waals surface area contributed by atoms with E-state index < -0.39 is 0 Å². The van der Waals surface area contributed by atoms with Gasteiger partial charge in [0.25, 0.3) is 0 Å². The highest BCUT2D eigenvalue weighted by molar-refractivity contribution is 5.85. The third-order valence-corrected chi connectivity index (χ3v) is 1.79. The van der Waals surface area contributed by atoms with Gasteiger partial charge in [0.1, 0.15) is 0 Å². The zero-order valence-electron chi connectivity index (χ0n) is 8.41. The lowest BCUT2D eigenvalue weighted by atomic mass is 10.0. The van der Waals surface area contributed by atoms with E-state index in [4.69, 9.17) is 10.5 Å². The molecule has 0 rings (SSSR count). The highest BCUT2D eigenvalue weighted by atomic mass is 35.5. The minimum Gasteiger partial charge on any atom is -0.466 e. The molecule has 0 fully saturated rings. The van der Waals surface area contributed by atoms with Crippen molar-refractivity contribution in [1.82, 2.24) is 0 Å². The SMILES string of the molecule is CCCC(CN)CC(=O)OCC.Cl. The summed E-state index contributed by atoms with van der Waals surface area (Å²) < 4.78 is 4.83. The summed E-state index contributed by atoms with van der Waals surface area (Å²) in [6, 6.07) is 0. The smallest absolute Gasteiger partial charge is 0.306 e. The van der Waals surface area contributed by atoms with Gasteiger partial charge in [-0.15, -0.1) is 12.4 Å². The lowest BCUT2D eigenvalue weighted by molar-refractivity contribution is -0.144. The Hall–Kier alpha value is -0.280. The zero-order chi connectivity index (χ0) is 9.40. The first-order valence-electron chi connectivity index (χ1n) is 4.60. The van der Waals surface area contributed by atoms with Crippen LogP contribution in [-0.4, -0.2) is 19.1 Å². The molecule has 4 heteroatoms. The molecule has 2 N–H and O–H groups in total. The monoisotopic (exact) mass is 209 g/mol. The first kappa shape index (κ1) is 15.2. The summed E-state index contributed by atoms with van der Waals surface area (Å²) >= 11 is 0. The maximum absolute atomic E-state index is 11.0. The zero-order valence-corrected chi connectivity index (χ0v) is 9.23. The molecule has 0 aliphatic rings. The predicted molar refractivity (Wildman–Crippen MR) is 56.0 cm³/mol. The Kier molecular flexibility index (Phi) is 11.5. The van der Waals surface area contributed by atoms with Crippen LogP contribution in [0.1, 0.15) is 33.1 Å². The van der Waals surface area contributed by atoms with E-state index in [9.17, 15) is 4.79 Å². The molecule has 0 heterocycles. The number of ether oxygens (including phenoxy) is 1. The molecule has 0 aromatic carbocycles. The van der Waals surface area contributed by atoms with E-state index in [1.165, 1.54) is 0 Å². The van der Waals surface area contributed by atoms with E-state index in [0.717, 1.165) is 12.8 Å². The number of hydrogen-bond donors (Lipinski definition) is 1. The molecule has 0 spiro atoms. The number of rotatable bonds is 6. The number of nitrogens with two attached hydrogens (primary N) is 1. The fourth-order valence-electron chi connectivity index (χ4n) is 1.17. The Morgan fingerprint density at radius 2 is 2.08 bits per heavy atom. The van der Waals surface area contributed by atoms with Crippen LogP contribution in [0, 0.1) is 5.92 Å². The molecule has 13 heavy (non-hydrogen) atoms. The summed E-state index contributed by atoms with van der Waals surface area (Å²) in [5, 5.41) is 0. The van der Waals surface area contributed by atoms with Gasteiger partial charge in [-0.2, -0.15) is 0 Å². The van der Waals surface area contributed by atoms with Gasteiger partial charge in [-0.05, 0) is 25.8 Å². The highest BCUT2D eigenvalue weighted by Gasteiger charge is 2.11. The van der Waals surface area contributed by atoms with E-state index in [0.29, 0.717) is 25.5 Å². The molecule has 0 saturated heterocycles. The third-order valence-electron chi connectivity index (χ3n) is 1.79. The summed E-state index contributed by atoms with van der Waals surface area (Å²) in [5.41, 5.74) is 5.50. The average molecular weight is 210 g/mol. The normalized spacial score (nSPS) is 11.6. The van der Waals surface area contributed by atoms with Crippen molar-refractivity contribution in [3.8, 4) is 0 Å². The van der Waals surface area contributed by atoms with Gasteiger partial charge in [-0.25, -0.2) is 0 Å². The summed E-state index contributed by atoms with van der Waals surface area (Å²) in [6.45, 7) is 4.94. The quantitative estimate of drug-likeness (QED) is 0.678. The number of carbonyl (C=O) groups is 1. The molecule has 3 nitrogen and oxygen atoms in total. The van der Waals surface area contributed by atoms with Crippen LogP contribution in [0.5, 0.6) is 0 Å². The van der Waals surface area contributed by atoms with Gasteiger partial charge >= 0.3 is 5.97 Å². The number of carbonyl (C=O) groups excluding carboxylic acids is 1. The molecule has 1 atom stereocenters. The molecular formula is C9H20ClNO2. The van der Waals surface area contributed by atoms with Crippen LogP contribution in [0.4, 0.5) is 0 Å². The maximum atomic E-state index is 11.0. The van der Waals surface area contributed by atoms with Crippen molar-refractivity contribution in [2.24, 2.45) is 11.7 Å². The molecule has 0 amide bonds. The van der Waals surface area contributed by atoms with Gasteiger partial charge in [0.2, 0.25) is 0 Å². The molecule has 0 aromatic heterocycles. The average Bonchev–Trinajstić information content (AvgIpc) is 2.04. The third kappa shape index (κ3) is 8.06. The molecule has 1 unspecified atom stereocenters. The number of halogens is 1. The minimum atomic E-state index is -0.124. The van der Waals surface area contributed by atoms with Gasteiger partial charge in [0.15, 0.2) is 0 Å². The molecule has 0 bridgehead atoms. The van der Waals surface area contributed by atoms with Crippen LogP contribution in [0.15, 0.2) is 0 Å². The van der Waals surface area contributed by atoms with Crippen LogP contribution in [0.2, 0.25) is 0 Å². The van der Waals surface area contributed by atoms with Crippen LogP contribution in [-0.2, 0) is 9.53 Å². The van der Waals surface area contributed by atoms with Crippen LogP contribution in [0.3, 0.4) is 0 Å². The highest BCUT2D eigenvalue weighted by Crippen LogP contribution is 2.09. The lowest BCUT2D eigenvalue weighted by Gasteiger charge is -2.11. The molecule has 0 saturated carbocycles. The Balaban J connectivity index is 0. The maximum Gasteiger partial charge on any atom is 0.306 e. The Morgan fingerprint density at radius 1 is 1.46 bits per heavy atom. The Labute approximate surface area is 86.4 Å².